The molecule has 1 aromatic heterocycles. The van der Waals surface area contributed by atoms with E-state index in [-0.39, 0.29) is 0 Å². The van der Waals surface area contributed by atoms with E-state index in [1.54, 1.807) is 0 Å². The first kappa shape index (κ1) is 12.1. The quantitative estimate of drug-likeness (QED) is 0.739. The van der Waals surface area contributed by atoms with Crippen LogP contribution in [-0.2, 0) is 7.05 Å². The number of aromatic nitrogens is 1. The van der Waals surface area contributed by atoms with E-state index < -0.39 is 0 Å². The van der Waals surface area contributed by atoms with Crippen LogP contribution >= 0.6 is 15.9 Å². The lowest BCUT2D eigenvalue weighted by Crippen LogP contribution is -1.96. The van der Waals surface area contributed by atoms with Crippen LogP contribution in [0.5, 0.6) is 0 Å². The number of aliphatic imine (C=N–C) groups is 1. The Morgan fingerprint density at radius 3 is 2.53 bits per heavy atom. The molecule has 0 aliphatic heterocycles. The normalized spacial score (nSPS) is 11.3. The fourth-order valence-corrected chi connectivity index (χ4v) is 2.14. The summed E-state index contributed by atoms with van der Waals surface area (Å²) in [7, 11) is 2.05. The summed E-state index contributed by atoms with van der Waals surface area (Å²) in [6.45, 7) is 4.15. The molecule has 0 N–H and O–H groups in total. The van der Waals surface area contributed by atoms with E-state index >= 15 is 0 Å². The third kappa shape index (κ3) is 2.67. The molecular weight excluding hydrogens is 276 g/mol. The van der Waals surface area contributed by atoms with Crippen molar-refractivity contribution in [2.75, 3.05) is 0 Å². The summed E-state index contributed by atoms with van der Waals surface area (Å²) >= 11 is 3.45. The molecule has 0 saturated carbocycles. The van der Waals surface area contributed by atoms with Gasteiger partial charge in [-0.3, -0.25) is 4.99 Å². The second-order valence-electron chi connectivity index (χ2n) is 4.15. The first-order chi connectivity index (χ1) is 8.08. The zero-order chi connectivity index (χ0) is 12.4. The van der Waals surface area contributed by atoms with Crippen molar-refractivity contribution in [3.8, 4) is 0 Å². The van der Waals surface area contributed by atoms with Gasteiger partial charge < -0.3 is 4.57 Å². The molecule has 0 spiro atoms. The summed E-state index contributed by atoms with van der Waals surface area (Å²) in [6.07, 6.45) is 1.91. The summed E-state index contributed by atoms with van der Waals surface area (Å²) in [5, 5.41) is 0. The van der Waals surface area contributed by atoms with Gasteiger partial charge in [-0.1, -0.05) is 15.9 Å². The molecule has 1 heterocycles. The molecule has 0 atom stereocenters. The van der Waals surface area contributed by atoms with E-state index in [1.165, 1.54) is 11.3 Å². The highest BCUT2D eigenvalue weighted by atomic mass is 79.9. The Kier molecular flexibility index (Phi) is 3.48. The lowest BCUT2D eigenvalue weighted by molar-refractivity contribution is 0.874. The van der Waals surface area contributed by atoms with Gasteiger partial charge in [0.2, 0.25) is 0 Å². The second-order valence-corrected chi connectivity index (χ2v) is 5.06. The van der Waals surface area contributed by atoms with Crippen LogP contribution in [0.4, 0.5) is 5.69 Å². The molecule has 0 saturated heterocycles. The number of aryl methyl sites for hydroxylation is 2. The highest BCUT2D eigenvalue weighted by Crippen LogP contribution is 2.22. The van der Waals surface area contributed by atoms with Gasteiger partial charge in [0.15, 0.2) is 0 Å². The predicted octanol–water partition coefficient (Wildman–Crippen LogP) is 4.16. The van der Waals surface area contributed by atoms with Crippen LogP contribution in [0.1, 0.15) is 17.0 Å². The first-order valence-corrected chi connectivity index (χ1v) is 6.30. The average Bonchev–Trinajstić information content (AvgIpc) is 2.59. The summed E-state index contributed by atoms with van der Waals surface area (Å²) in [6, 6.07) is 10.3. The fraction of sp³-hybridized carbons (Fsp3) is 0.214. The van der Waals surface area contributed by atoms with Crippen LogP contribution in [-0.4, -0.2) is 10.8 Å². The number of hydrogen-bond acceptors (Lipinski definition) is 1. The van der Waals surface area contributed by atoms with E-state index in [4.69, 9.17) is 0 Å². The SMILES string of the molecule is Cc1cc(Br)ccc1N=Cc1ccc(C)n1C. The van der Waals surface area contributed by atoms with E-state index in [2.05, 4.69) is 57.5 Å². The maximum absolute atomic E-state index is 4.52. The molecule has 0 amide bonds. The molecule has 17 heavy (non-hydrogen) atoms. The second kappa shape index (κ2) is 4.88. The standard InChI is InChI=1S/C14H15BrN2/c1-10-8-12(15)5-7-14(10)16-9-13-6-4-11(2)17(13)3/h4-9H,1-3H3. The molecule has 2 nitrogen and oxygen atoms in total. The molecule has 3 heteroatoms. The van der Waals surface area contributed by atoms with Crippen LogP contribution in [0.25, 0.3) is 0 Å². The molecular formula is C14H15BrN2. The maximum Gasteiger partial charge on any atom is 0.0660 e. The van der Waals surface area contributed by atoms with Crippen LogP contribution in [0, 0.1) is 13.8 Å². The van der Waals surface area contributed by atoms with Crippen molar-refractivity contribution in [1.82, 2.24) is 4.57 Å². The molecule has 0 bridgehead atoms. The Bertz CT molecular complexity index is 568. The van der Waals surface area contributed by atoms with Crippen molar-refractivity contribution in [1.29, 1.82) is 0 Å². The van der Waals surface area contributed by atoms with Gasteiger partial charge in [0.05, 0.1) is 17.6 Å². The van der Waals surface area contributed by atoms with E-state index in [0.29, 0.717) is 0 Å². The fourth-order valence-electron chi connectivity index (χ4n) is 1.66. The van der Waals surface area contributed by atoms with E-state index in [0.717, 1.165) is 15.9 Å². The number of halogens is 1. The topological polar surface area (TPSA) is 17.3 Å². The van der Waals surface area contributed by atoms with Gasteiger partial charge in [0, 0.05) is 17.2 Å². The molecule has 0 radical (unpaired) electrons. The van der Waals surface area contributed by atoms with E-state index in [9.17, 15) is 0 Å². The molecule has 0 aliphatic carbocycles. The van der Waals surface area contributed by atoms with Crippen molar-refractivity contribution in [2.24, 2.45) is 12.0 Å². The van der Waals surface area contributed by atoms with Gasteiger partial charge in [-0.05, 0) is 49.7 Å². The van der Waals surface area contributed by atoms with Crippen LogP contribution in [0.3, 0.4) is 0 Å². The third-order valence-corrected chi connectivity index (χ3v) is 3.40. The van der Waals surface area contributed by atoms with Gasteiger partial charge in [0.25, 0.3) is 0 Å². The average molecular weight is 291 g/mol. The summed E-state index contributed by atoms with van der Waals surface area (Å²) < 4.78 is 3.21. The lowest BCUT2D eigenvalue weighted by Gasteiger charge is -2.02. The van der Waals surface area contributed by atoms with Crippen LogP contribution in [0.15, 0.2) is 39.8 Å². The highest BCUT2D eigenvalue weighted by molar-refractivity contribution is 9.10. The van der Waals surface area contributed by atoms with Gasteiger partial charge in [-0.15, -0.1) is 0 Å². The van der Waals surface area contributed by atoms with Crippen molar-refractivity contribution < 1.29 is 0 Å². The molecule has 2 aromatic rings. The minimum Gasteiger partial charge on any atom is -0.347 e. The smallest absolute Gasteiger partial charge is 0.0660 e. The Labute approximate surface area is 110 Å². The number of hydrogen-bond donors (Lipinski definition) is 0. The van der Waals surface area contributed by atoms with Crippen LogP contribution < -0.4 is 0 Å². The van der Waals surface area contributed by atoms with Crippen molar-refractivity contribution in [2.45, 2.75) is 13.8 Å². The Hall–Kier alpha value is -1.35. The Morgan fingerprint density at radius 2 is 1.94 bits per heavy atom. The summed E-state index contributed by atoms with van der Waals surface area (Å²) in [5.74, 6) is 0. The molecule has 0 fully saturated rings. The van der Waals surface area contributed by atoms with Gasteiger partial charge in [-0.25, -0.2) is 0 Å². The highest BCUT2D eigenvalue weighted by Gasteiger charge is 1.99. The Balaban J connectivity index is 2.29. The van der Waals surface area contributed by atoms with Gasteiger partial charge in [-0.2, -0.15) is 0 Å². The number of benzene rings is 1. The number of nitrogens with zero attached hydrogens (tertiary/aromatic N) is 2. The van der Waals surface area contributed by atoms with E-state index in [1.807, 2.05) is 25.4 Å². The predicted molar refractivity (Wildman–Crippen MR) is 76.3 cm³/mol. The third-order valence-electron chi connectivity index (χ3n) is 2.91. The monoisotopic (exact) mass is 290 g/mol. The van der Waals surface area contributed by atoms with Gasteiger partial charge >= 0.3 is 0 Å². The van der Waals surface area contributed by atoms with Crippen molar-refractivity contribution in [3.63, 3.8) is 0 Å². The molecule has 1 aromatic carbocycles. The zero-order valence-electron chi connectivity index (χ0n) is 10.2. The first-order valence-electron chi connectivity index (χ1n) is 5.50. The van der Waals surface area contributed by atoms with Crippen molar-refractivity contribution >= 4 is 27.8 Å². The molecule has 0 unspecified atom stereocenters. The van der Waals surface area contributed by atoms with Gasteiger partial charge in [0.1, 0.15) is 0 Å². The Morgan fingerprint density at radius 1 is 1.18 bits per heavy atom. The maximum atomic E-state index is 4.52. The molecule has 2 rings (SSSR count). The lowest BCUT2D eigenvalue weighted by atomic mass is 10.2. The largest absolute Gasteiger partial charge is 0.347 e. The molecule has 88 valence electrons. The molecule has 0 aliphatic rings. The minimum absolute atomic E-state index is 1.01. The summed E-state index contributed by atoms with van der Waals surface area (Å²) in [4.78, 5) is 4.52. The van der Waals surface area contributed by atoms with Crippen LogP contribution in [0.2, 0.25) is 0 Å². The van der Waals surface area contributed by atoms with Crippen molar-refractivity contribution in [3.05, 3.63) is 51.8 Å². The number of rotatable bonds is 2. The zero-order valence-corrected chi connectivity index (χ0v) is 11.8. The summed E-state index contributed by atoms with van der Waals surface area (Å²) in [5.41, 5.74) is 4.53. The minimum atomic E-state index is 1.01.